The molecule has 1 aliphatic carbocycles. The van der Waals surface area contributed by atoms with Crippen molar-refractivity contribution in [3.8, 4) is 0 Å². The smallest absolute Gasteiger partial charge is 0.223 e. The molecule has 2 amide bonds. The van der Waals surface area contributed by atoms with E-state index in [0.29, 0.717) is 36.0 Å². The van der Waals surface area contributed by atoms with Crippen molar-refractivity contribution in [3.05, 3.63) is 0 Å². The Morgan fingerprint density at radius 3 is 2.07 bits per heavy atom. The molecule has 29 heavy (non-hydrogen) atoms. The molecule has 5 heteroatoms. The van der Waals surface area contributed by atoms with E-state index in [2.05, 4.69) is 14.7 Å². The van der Waals surface area contributed by atoms with E-state index >= 15 is 0 Å². The molecule has 3 saturated heterocycles. The first-order valence-electron chi connectivity index (χ1n) is 12.4. The van der Waals surface area contributed by atoms with Gasteiger partial charge in [-0.1, -0.05) is 25.7 Å². The third-order valence-electron chi connectivity index (χ3n) is 8.27. The van der Waals surface area contributed by atoms with Crippen molar-refractivity contribution in [2.75, 3.05) is 45.8 Å². The Balaban J connectivity index is 1.32. The molecule has 3 heterocycles. The molecule has 4 rings (SSSR count). The lowest BCUT2D eigenvalue weighted by molar-refractivity contribution is -0.131. The number of hydrogen-bond acceptors (Lipinski definition) is 3. The van der Waals surface area contributed by atoms with Gasteiger partial charge in [0.25, 0.3) is 0 Å². The lowest BCUT2D eigenvalue weighted by atomic mass is 9.66. The van der Waals surface area contributed by atoms with E-state index < -0.39 is 0 Å². The molecule has 3 aliphatic heterocycles. The summed E-state index contributed by atoms with van der Waals surface area (Å²) in [6.45, 7) is 7.02. The number of carbonyl (C=O) groups is 2. The van der Waals surface area contributed by atoms with Gasteiger partial charge in [-0.05, 0) is 69.4 Å². The van der Waals surface area contributed by atoms with Gasteiger partial charge in [0.2, 0.25) is 11.8 Å². The highest BCUT2D eigenvalue weighted by Crippen LogP contribution is 2.49. The highest BCUT2D eigenvalue weighted by atomic mass is 16.2. The number of hydrogen-bond donors (Lipinski definition) is 0. The van der Waals surface area contributed by atoms with Gasteiger partial charge in [-0.15, -0.1) is 0 Å². The SMILES string of the molecule is O=C(CCC1CN(C(=O)CCN2CCCCC2)CC12CCCCC2)N1CCCC1. The van der Waals surface area contributed by atoms with Crippen molar-refractivity contribution in [1.82, 2.24) is 14.7 Å². The monoisotopic (exact) mass is 403 g/mol. The molecule has 1 spiro atoms. The first-order valence-corrected chi connectivity index (χ1v) is 12.4. The Bertz CT molecular complexity index is 560. The Labute approximate surface area is 177 Å². The molecule has 0 bridgehead atoms. The van der Waals surface area contributed by atoms with E-state index in [1.807, 2.05) is 0 Å². The first-order chi connectivity index (χ1) is 14.2. The third-order valence-corrected chi connectivity index (χ3v) is 8.27. The van der Waals surface area contributed by atoms with Crippen molar-refractivity contribution >= 4 is 11.8 Å². The maximum absolute atomic E-state index is 13.0. The van der Waals surface area contributed by atoms with E-state index in [4.69, 9.17) is 0 Å². The molecular weight excluding hydrogens is 362 g/mol. The highest BCUT2D eigenvalue weighted by molar-refractivity contribution is 5.77. The van der Waals surface area contributed by atoms with Crippen molar-refractivity contribution < 1.29 is 9.59 Å². The second-order valence-electron chi connectivity index (χ2n) is 10.2. The number of nitrogens with zero attached hydrogens (tertiary/aromatic N) is 3. The Kier molecular flexibility index (Phi) is 7.15. The van der Waals surface area contributed by atoms with Crippen LogP contribution >= 0.6 is 0 Å². The maximum Gasteiger partial charge on any atom is 0.223 e. The predicted molar refractivity (Wildman–Crippen MR) is 116 cm³/mol. The summed E-state index contributed by atoms with van der Waals surface area (Å²) >= 11 is 0. The van der Waals surface area contributed by atoms with E-state index in [9.17, 15) is 9.59 Å². The molecule has 1 saturated carbocycles. The lowest BCUT2D eigenvalue weighted by Gasteiger charge is -2.38. The predicted octanol–water partition coefficient (Wildman–Crippen LogP) is 3.67. The van der Waals surface area contributed by atoms with E-state index in [0.717, 1.165) is 39.1 Å². The minimum atomic E-state index is 0.296. The van der Waals surface area contributed by atoms with Gasteiger partial charge in [0, 0.05) is 45.6 Å². The Morgan fingerprint density at radius 1 is 0.724 bits per heavy atom. The zero-order valence-electron chi connectivity index (χ0n) is 18.4. The van der Waals surface area contributed by atoms with Crippen LogP contribution in [0.5, 0.6) is 0 Å². The minimum absolute atomic E-state index is 0.296. The fraction of sp³-hybridized carbons (Fsp3) is 0.917. The number of carbonyl (C=O) groups excluding carboxylic acids is 2. The third kappa shape index (κ3) is 5.15. The van der Waals surface area contributed by atoms with Crippen molar-refractivity contribution in [2.24, 2.45) is 11.3 Å². The van der Waals surface area contributed by atoms with E-state index in [-0.39, 0.29) is 0 Å². The molecule has 1 atom stereocenters. The molecule has 4 fully saturated rings. The van der Waals surface area contributed by atoms with Gasteiger partial charge < -0.3 is 14.7 Å². The summed E-state index contributed by atoms with van der Waals surface area (Å²) in [6.07, 6.45) is 15.0. The maximum atomic E-state index is 13.0. The van der Waals surface area contributed by atoms with Crippen molar-refractivity contribution in [2.45, 2.75) is 83.5 Å². The zero-order valence-corrected chi connectivity index (χ0v) is 18.4. The standard InChI is InChI=1S/C24H41N3O2/c28-22(26-16-7-8-17-26)10-9-21-19-27(20-24(21)12-3-1-4-13-24)23(29)11-18-25-14-5-2-6-15-25/h21H,1-20H2. The quantitative estimate of drug-likeness (QED) is 0.680. The van der Waals surface area contributed by atoms with Gasteiger partial charge in [-0.25, -0.2) is 0 Å². The van der Waals surface area contributed by atoms with E-state index in [1.165, 1.54) is 77.3 Å². The first kappa shape index (κ1) is 21.1. The fourth-order valence-electron chi connectivity index (χ4n) is 6.46. The van der Waals surface area contributed by atoms with Crippen LogP contribution in [0.3, 0.4) is 0 Å². The van der Waals surface area contributed by atoms with Crippen LogP contribution in [-0.2, 0) is 9.59 Å². The summed E-state index contributed by atoms with van der Waals surface area (Å²) < 4.78 is 0. The fourth-order valence-corrected chi connectivity index (χ4v) is 6.46. The summed E-state index contributed by atoms with van der Waals surface area (Å²) in [5.41, 5.74) is 0.296. The minimum Gasteiger partial charge on any atom is -0.343 e. The summed E-state index contributed by atoms with van der Waals surface area (Å²) in [7, 11) is 0. The van der Waals surface area contributed by atoms with Gasteiger partial charge in [-0.2, -0.15) is 0 Å². The second kappa shape index (κ2) is 9.80. The zero-order chi connectivity index (χ0) is 20.1. The molecule has 0 aromatic carbocycles. The van der Waals surface area contributed by atoms with Gasteiger partial charge in [0.15, 0.2) is 0 Å². The molecule has 164 valence electrons. The number of likely N-dealkylation sites (tertiary alicyclic amines) is 3. The number of amides is 2. The van der Waals surface area contributed by atoms with Crippen LogP contribution in [0, 0.1) is 11.3 Å². The highest BCUT2D eigenvalue weighted by Gasteiger charge is 2.47. The lowest BCUT2D eigenvalue weighted by Crippen LogP contribution is -2.37. The Hall–Kier alpha value is -1.10. The van der Waals surface area contributed by atoms with Gasteiger partial charge in [-0.3, -0.25) is 9.59 Å². The van der Waals surface area contributed by atoms with Gasteiger partial charge >= 0.3 is 0 Å². The average Bonchev–Trinajstić information content (AvgIpc) is 3.41. The molecular formula is C24H41N3O2. The van der Waals surface area contributed by atoms with Gasteiger partial charge in [0.1, 0.15) is 0 Å². The summed E-state index contributed by atoms with van der Waals surface area (Å²) in [5, 5.41) is 0. The average molecular weight is 404 g/mol. The summed E-state index contributed by atoms with van der Waals surface area (Å²) in [4.78, 5) is 32.3. The molecule has 5 nitrogen and oxygen atoms in total. The summed E-state index contributed by atoms with van der Waals surface area (Å²) in [5.74, 6) is 1.23. The van der Waals surface area contributed by atoms with Crippen LogP contribution in [0.2, 0.25) is 0 Å². The van der Waals surface area contributed by atoms with Crippen molar-refractivity contribution in [3.63, 3.8) is 0 Å². The topological polar surface area (TPSA) is 43.9 Å². The molecule has 4 aliphatic rings. The molecule has 0 N–H and O–H groups in total. The molecule has 0 radical (unpaired) electrons. The van der Waals surface area contributed by atoms with Crippen molar-refractivity contribution in [1.29, 1.82) is 0 Å². The van der Waals surface area contributed by atoms with Crippen LogP contribution in [0.4, 0.5) is 0 Å². The Morgan fingerprint density at radius 2 is 1.34 bits per heavy atom. The van der Waals surface area contributed by atoms with E-state index in [1.54, 1.807) is 0 Å². The molecule has 0 aromatic rings. The molecule has 1 unspecified atom stereocenters. The van der Waals surface area contributed by atoms with Crippen LogP contribution in [0.15, 0.2) is 0 Å². The normalized spacial score (nSPS) is 27.7. The van der Waals surface area contributed by atoms with Crippen LogP contribution in [-0.4, -0.2) is 72.3 Å². The van der Waals surface area contributed by atoms with Crippen LogP contribution in [0.25, 0.3) is 0 Å². The largest absolute Gasteiger partial charge is 0.343 e. The number of piperidine rings is 1. The van der Waals surface area contributed by atoms with Gasteiger partial charge in [0.05, 0.1) is 0 Å². The molecule has 0 aromatic heterocycles. The van der Waals surface area contributed by atoms with Crippen LogP contribution in [0.1, 0.15) is 83.5 Å². The van der Waals surface area contributed by atoms with Crippen LogP contribution < -0.4 is 0 Å². The summed E-state index contributed by atoms with van der Waals surface area (Å²) in [6, 6.07) is 0. The number of rotatable bonds is 6. The second-order valence-corrected chi connectivity index (χ2v) is 10.2.